The molecule has 0 unspecified atom stereocenters. The Hall–Kier alpha value is -1.18. The van der Waals surface area contributed by atoms with Gasteiger partial charge in [-0.3, -0.25) is 14.9 Å². The molecule has 0 atom stereocenters. The van der Waals surface area contributed by atoms with Gasteiger partial charge in [0.1, 0.15) is 0 Å². The number of rotatable bonds is 3. The number of benzene rings is 1. The molecule has 2 N–H and O–H groups in total. The first-order valence-corrected chi connectivity index (χ1v) is 6.82. The van der Waals surface area contributed by atoms with Gasteiger partial charge in [-0.2, -0.15) is 0 Å². The van der Waals surface area contributed by atoms with Gasteiger partial charge in [0, 0.05) is 28.2 Å². The number of carbonyl (C=O) groups is 1. The highest BCUT2D eigenvalue weighted by atomic mass is 79.9. The Balaban J connectivity index is 0.00000200. The summed E-state index contributed by atoms with van der Waals surface area (Å²) >= 11 is 3.18. The van der Waals surface area contributed by atoms with Crippen molar-refractivity contribution in [3.05, 3.63) is 38.3 Å². The molecule has 110 valence electrons. The van der Waals surface area contributed by atoms with Crippen molar-refractivity contribution in [1.29, 1.82) is 0 Å². The van der Waals surface area contributed by atoms with Gasteiger partial charge in [0.25, 0.3) is 11.6 Å². The second-order valence-corrected chi connectivity index (χ2v) is 5.37. The third kappa shape index (κ3) is 4.43. The number of nitrogens with zero attached hydrogens (tertiary/aromatic N) is 1. The lowest BCUT2D eigenvalue weighted by Crippen LogP contribution is -2.42. The molecule has 0 aliphatic carbocycles. The summed E-state index contributed by atoms with van der Waals surface area (Å²) < 4.78 is 0.525. The summed E-state index contributed by atoms with van der Waals surface area (Å²) in [6.45, 7) is 1.76. The first-order valence-electron chi connectivity index (χ1n) is 6.03. The molecule has 0 aromatic heterocycles. The number of hydrogen-bond donors (Lipinski definition) is 2. The van der Waals surface area contributed by atoms with E-state index < -0.39 is 4.92 Å². The maximum Gasteiger partial charge on any atom is 0.271 e. The second kappa shape index (κ2) is 7.56. The van der Waals surface area contributed by atoms with E-state index in [1.807, 2.05) is 0 Å². The van der Waals surface area contributed by atoms with E-state index >= 15 is 0 Å². The van der Waals surface area contributed by atoms with Crippen molar-refractivity contribution in [3.8, 4) is 0 Å². The molecule has 6 nitrogen and oxygen atoms in total. The average molecular weight is 365 g/mol. The first kappa shape index (κ1) is 16.9. The number of piperidine rings is 1. The lowest BCUT2D eigenvalue weighted by molar-refractivity contribution is -0.385. The van der Waals surface area contributed by atoms with E-state index in [1.165, 1.54) is 12.1 Å². The van der Waals surface area contributed by atoms with E-state index in [9.17, 15) is 14.9 Å². The molecule has 0 saturated carbocycles. The van der Waals surface area contributed by atoms with Crippen LogP contribution >= 0.6 is 28.3 Å². The minimum absolute atomic E-state index is 0. The van der Waals surface area contributed by atoms with Crippen molar-refractivity contribution in [3.63, 3.8) is 0 Å². The van der Waals surface area contributed by atoms with Crippen LogP contribution in [-0.2, 0) is 0 Å². The molecule has 1 amide bonds. The van der Waals surface area contributed by atoms with Gasteiger partial charge in [-0.05, 0) is 32.0 Å². The molecule has 20 heavy (non-hydrogen) atoms. The normalized spacial score (nSPS) is 15.2. The second-order valence-electron chi connectivity index (χ2n) is 4.45. The lowest BCUT2D eigenvalue weighted by Gasteiger charge is -2.23. The van der Waals surface area contributed by atoms with E-state index in [1.54, 1.807) is 6.07 Å². The van der Waals surface area contributed by atoms with Crippen LogP contribution in [0, 0.1) is 10.1 Å². The summed E-state index contributed by atoms with van der Waals surface area (Å²) in [5.41, 5.74) is 0.212. The highest BCUT2D eigenvalue weighted by molar-refractivity contribution is 9.10. The van der Waals surface area contributed by atoms with E-state index in [4.69, 9.17) is 0 Å². The van der Waals surface area contributed by atoms with Gasteiger partial charge in [-0.15, -0.1) is 12.4 Å². The largest absolute Gasteiger partial charge is 0.349 e. The highest BCUT2D eigenvalue weighted by Gasteiger charge is 2.18. The van der Waals surface area contributed by atoms with E-state index in [2.05, 4.69) is 26.6 Å². The Morgan fingerprint density at radius 1 is 1.35 bits per heavy atom. The van der Waals surface area contributed by atoms with Gasteiger partial charge in [0.2, 0.25) is 0 Å². The molecular formula is C12H15BrClN3O3. The van der Waals surface area contributed by atoms with Gasteiger partial charge in [-0.25, -0.2) is 0 Å². The Bertz CT molecular complexity index is 507. The summed E-state index contributed by atoms with van der Waals surface area (Å²) in [7, 11) is 0. The number of hydrogen-bond acceptors (Lipinski definition) is 4. The van der Waals surface area contributed by atoms with Crippen molar-refractivity contribution >= 4 is 39.9 Å². The maximum absolute atomic E-state index is 12.1. The number of amides is 1. The van der Waals surface area contributed by atoms with E-state index in [0.29, 0.717) is 10.0 Å². The molecule has 1 fully saturated rings. The standard InChI is InChI=1S/C12H14BrN3O3.ClH/c13-9-5-8(6-11(7-9)16(18)19)12(17)15-10-1-3-14-4-2-10;/h5-7,10,14H,1-4H2,(H,15,17);1H. The third-order valence-corrected chi connectivity index (χ3v) is 3.49. The number of non-ortho nitro benzene ring substituents is 1. The van der Waals surface area contributed by atoms with Crippen LogP contribution < -0.4 is 10.6 Å². The number of nitro groups is 1. The predicted octanol–water partition coefficient (Wildman–Crippen LogP) is 2.26. The Labute approximate surface area is 131 Å². The molecule has 1 heterocycles. The highest BCUT2D eigenvalue weighted by Crippen LogP contribution is 2.21. The lowest BCUT2D eigenvalue weighted by atomic mass is 10.1. The van der Waals surface area contributed by atoms with E-state index in [-0.39, 0.29) is 30.0 Å². The third-order valence-electron chi connectivity index (χ3n) is 3.03. The summed E-state index contributed by atoms with van der Waals surface area (Å²) in [5, 5.41) is 16.9. The summed E-state index contributed by atoms with van der Waals surface area (Å²) in [6.07, 6.45) is 1.75. The molecule has 0 radical (unpaired) electrons. The molecule has 1 aromatic rings. The Morgan fingerprint density at radius 3 is 2.60 bits per heavy atom. The van der Waals surface area contributed by atoms with Gasteiger partial charge in [-0.1, -0.05) is 15.9 Å². The van der Waals surface area contributed by atoms with Crippen LogP contribution in [0.15, 0.2) is 22.7 Å². The maximum atomic E-state index is 12.1. The summed E-state index contributed by atoms with van der Waals surface area (Å²) in [6, 6.07) is 4.39. The molecule has 1 aliphatic rings. The molecule has 8 heteroatoms. The fourth-order valence-electron chi connectivity index (χ4n) is 2.05. The monoisotopic (exact) mass is 363 g/mol. The summed E-state index contributed by atoms with van der Waals surface area (Å²) in [4.78, 5) is 22.3. The number of carbonyl (C=O) groups excluding carboxylic acids is 1. The minimum atomic E-state index is -0.508. The number of nitrogens with one attached hydrogen (secondary N) is 2. The molecule has 1 aromatic carbocycles. The zero-order valence-electron chi connectivity index (χ0n) is 10.6. The fraction of sp³-hybridized carbons (Fsp3) is 0.417. The fourth-order valence-corrected chi connectivity index (χ4v) is 2.53. The molecule has 1 saturated heterocycles. The smallest absolute Gasteiger partial charge is 0.271 e. The van der Waals surface area contributed by atoms with Crippen molar-refractivity contribution in [2.75, 3.05) is 13.1 Å². The van der Waals surface area contributed by atoms with Crippen LogP contribution in [0.3, 0.4) is 0 Å². The molecule has 0 bridgehead atoms. The van der Waals surface area contributed by atoms with Crippen LogP contribution in [0.25, 0.3) is 0 Å². The quantitative estimate of drug-likeness (QED) is 0.636. The van der Waals surface area contributed by atoms with Crippen LogP contribution in [0.1, 0.15) is 23.2 Å². The molecule has 0 spiro atoms. The van der Waals surface area contributed by atoms with E-state index in [0.717, 1.165) is 25.9 Å². The number of nitro benzene ring substituents is 1. The van der Waals surface area contributed by atoms with Crippen molar-refractivity contribution in [2.45, 2.75) is 18.9 Å². The average Bonchev–Trinajstić information content (AvgIpc) is 2.39. The van der Waals surface area contributed by atoms with Gasteiger partial charge >= 0.3 is 0 Å². The topological polar surface area (TPSA) is 84.3 Å². The first-order chi connectivity index (χ1) is 9.06. The van der Waals surface area contributed by atoms with Gasteiger partial charge in [0.15, 0.2) is 0 Å². The van der Waals surface area contributed by atoms with Crippen LogP contribution in [0.5, 0.6) is 0 Å². The van der Waals surface area contributed by atoms with Gasteiger partial charge < -0.3 is 10.6 Å². The Kier molecular flexibility index (Phi) is 6.38. The zero-order chi connectivity index (χ0) is 13.8. The van der Waals surface area contributed by atoms with Crippen molar-refractivity contribution in [2.24, 2.45) is 0 Å². The zero-order valence-corrected chi connectivity index (χ0v) is 13.0. The minimum Gasteiger partial charge on any atom is -0.349 e. The SMILES string of the molecule is Cl.O=C(NC1CCNCC1)c1cc(Br)cc([N+](=O)[O-])c1. The summed E-state index contributed by atoms with van der Waals surface area (Å²) in [5.74, 6) is -0.267. The predicted molar refractivity (Wildman–Crippen MR) is 81.4 cm³/mol. The molecule has 1 aliphatic heterocycles. The van der Waals surface area contributed by atoms with Crippen molar-refractivity contribution < 1.29 is 9.72 Å². The Morgan fingerprint density at radius 2 is 2.00 bits per heavy atom. The van der Waals surface area contributed by atoms with Gasteiger partial charge in [0.05, 0.1) is 4.92 Å². The van der Waals surface area contributed by atoms with Crippen LogP contribution in [-0.4, -0.2) is 30.0 Å². The van der Waals surface area contributed by atoms with Crippen LogP contribution in [0.4, 0.5) is 5.69 Å². The molecular weight excluding hydrogens is 350 g/mol. The van der Waals surface area contributed by atoms with Crippen LogP contribution in [0.2, 0.25) is 0 Å². The molecule has 2 rings (SSSR count). The van der Waals surface area contributed by atoms with Crippen molar-refractivity contribution in [1.82, 2.24) is 10.6 Å². The number of halogens is 2.